The van der Waals surface area contributed by atoms with Gasteiger partial charge in [-0.1, -0.05) is 0 Å². The van der Waals surface area contributed by atoms with E-state index in [-0.39, 0.29) is 18.1 Å². The summed E-state index contributed by atoms with van der Waals surface area (Å²) in [4.78, 5) is 14.3. The molecule has 0 aliphatic carbocycles. The van der Waals surface area contributed by atoms with Crippen LogP contribution in [0.15, 0.2) is 18.2 Å². The molecule has 0 radical (unpaired) electrons. The minimum Gasteiger partial charge on any atom is -0.495 e. The number of hydrogen-bond acceptors (Lipinski definition) is 4. The maximum atomic E-state index is 12.5. The van der Waals surface area contributed by atoms with Crippen molar-refractivity contribution >= 4 is 11.6 Å². The zero-order valence-corrected chi connectivity index (χ0v) is 11.6. The van der Waals surface area contributed by atoms with Gasteiger partial charge in [0.2, 0.25) is 0 Å². The molecule has 1 heterocycles. The van der Waals surface area contributed by atoms with Crippen molar-refractivity contribution in [2.45, 2.75) is 26.0 Å². The molecule has 0 aromatic heterocycles. The number of nitrogens with two attached hydrogens (primary N) is 1. The predicted molar refractivity (Wildman–Crippen MR) is 73.3 cm³/mol. The van der Waals surface area contributed by atoms with Crippen LogP contribution in [0, 0.1) is 0 Å². The van der Waals surface area contributed by atoms with Crippen molar-refractivity contribution in [3.63, 3.8) is 0 Å². The van der Waals surface area contributed by atoms with Gasteiger partial charge in [-0.15, -0.1) is 0 Å². The van der Waals surface area contributed by atoms with Crippen molar-refractivity contribution < 1.29 is 14.3 Å². The number of nitrogens with zero attached hydrogens (tertiary/aromatic N) is 1. The number of hydrogen-bond donors (Lipinski definition) is 1. The second-order valence-corrected chi connectivity index (χ2v) is 4.91. The summed E-state index contributed by atoms with van der Waals surface area (Å²) in [5.74, 6) is 0.515. The van der Waals surface area contributed by atoms with Gasteiger partial charge in [0.05, 0.1) is 31.5 Å². The van der Waals surface area contributed by atoms with Crippen LogP contribution in [0.2, 0.25) is 0 Å². The van der Waals surface area contributed by atoms with Crippen molar-refractivity contribution in [2.24, 2.45) is 0 Å². The minimum absolute atomic E-state index is 0.0130. The highest BCUT2D eigenvalue weighted by Crippen LogP contribution is 2.24. The Hall–Kier alpha value is -1.75. The lowest BCUT2D eigenvalue weighted by Crippen LogP contribution is -2.50. The first kappa shape index (κ1) is 13.7. The number of rotatable bonds is 2. The number of carbonyl (C=O) groups is 1. The van der Waals surface area contributed by atoms with Crippen LogP contribution in [0.4, 0.5) is 5.69 Å². The van der Waals surface area contributed by atoms with Crippen LogP contribution in [0.5, 0.6) is 5.75 Å². The van der Waals surface area contributed by atoms with E-state index in [4.69, 9.17) is 15.2 Å². The number of methoxy groups -OCH3 is 1. The van der Waals surface area contributed by atoms with Crippen LogP contribution >= 0.6 is 0 Å². The lowest BCUT2D eigenvalue weighted by atomic mass is 10.1. The summed E-state index contributed by atoms with van der Waals surface area (Å²) in [5.41, 5.74) is 6.88. The number of morpholine rings is 1. The zero-order chi connectivity index (χ0) is 14.0. The molecule has 1 aliphatic rings. The van der Waals surface area contributed by atoms with Crippen molar-refractivity contribution in [1.82, 2.24) is 4.90 Å². The van der Waals surface area contributed by atoms with Crippen LogP contribution in [-0.2, 0) is 4.74 Å². The normalized spacial score (nSPS) is 23.2. The molecule has 1 aromatic rings. The van der Waals surface area contributed by atoms with Crippen molar-refractivity contribution in [2.75, 3.05) is 26.0 Å². The fraction of sp³-hybridized carbons (Fsp3) is 0.500. The Kier molecular flexibility index (Phi) is 3.95. The first-order valence-electron chi connectivity index (χ1n) is 6.39. The fourth-order valence-electron chi connectivity index (χ4n) is 2.20. The Morgan fingerprint density at radius 2 is 2.21 bits per heavy atom. The first-order valence-corrected chi connectivity index (χ1v) is 6.39. The summed E-state index contributed by atoms with van der Waals surface area (Å²) in [7, 11) is 1.54. The van der Waals surface area contributed by atoms with Gasteiger partial charge >= 0.3 is 0 Å². The van der Waals surface area contributed by atoms with Gasteiger partial charge in [-0.2, -0.15) is 0 Å². The molecule has 0 spiro atoms. The van der Waals surface area contributed by atoms with Crippen molar-refractivity contribution in [1.29, 1.82) is 0 Å². The molecule has 0 saturated carbocycles. The highest BCUT2D eigenvalue weighted by Gasteiger charge is 2.28. The largest absolute Gasteiger partial charge is 0.495 e. The van der Waals surface area contributed by atoms with E-state index in [2.05, 4.69) is 0 Å². The summed E-state index contributed by atoms with van der Waals surface area (Å²) < 4.78 is 10.7. The van der Waals surface area contributed by atoms with E-state index in [1.807, 2.05) is 18.7 Å². The molecule has 1 amide bonds. The molecule has 2 atom stereocenters. The highest BCUT2D eigenvalue weighted by molar-refractivity contribution is 5.95. The standard InChI is InChI=1S/C14H20N2O3/c1-9-8-19-10(2)7-16(9)14(17)11-4-5-12(15)13(6-11)18-3/h4-6,9-10H,7-8,15H2,1-3H3. The number of nitrogen functional groups attached to an aromatic ring is 1. The molecule has 1 aliphatic heterocycles. The summed E-state index contributed by atoms with van der Waals surface area (Å²) in [6, 6.07) is 5.19. The Bertz CT molecular complexity index is 476. The van der Waals surface area contributed by atoms with Gasteiger partial charge in [0.15, 0.2) is 0 Å². The summed E-state index contributed by atoms with van der Waals surface area (Å²) in [5, 5.41) is 0. The molecule has 5 heteroatoms. The number of anilines is 1. The Morgan fingerprint density at radius 3 is 2.89 bits per heavy atom. The smallest absolute Gasteiger partial charge is 0.254 e. The molecular formula is C14H20N2O3. The average Bonchev–Trinajstić information content (AvgIpc) is 2.41. The molecule has 0 bridgehead atoms. The van der Waals surface area contributed by atoms with Crippen molar-refractivity contribution in [3.05, 3.63) is 23.8 Å². The van der Waals surface area contributed by atoms with E-state index < -0.39 is 0 Å². The zero-order valence-electron chi connectivity index (χ0n) is 11.6. The van der Waals surface area contributed by atoms with Gasteiger partial charge in [0.1, 0.15) is 5.75 Å². The minimum atomic E-state index is -0.0130. The third-order valence-corrected chi connectivity index (χ3v) is 3.35. The van der Waals surface area contributed by atoms with Gasteiger partial charge in [-0.25, -0.2) is 0 Å². The fourth-order valence-corrected chi connectivity index (χ4v) is 2.20. The Labute approximate surface area is 113 Å². The maximum absolute atomic E-state index is 12.5. The lowest BCUT2D eigenvalue weighted by molar-refractivity contribution is -0.0387. The van der Waals surface area contributed by atoms with Gasteiger partial charge < -0.3 is 20.1 Å². The molecule has 1 saturated heterocycles. The van der Waals surface area contributed by atoms with E-state index in [0.29, 0.717) is 30.2 Å². The molecule has 5 nitrogen and oxygen atoms in total. The van der Waals surface area contributed by atoms with E-state index in [9.17, 15) is 4.79 Å². The van der Waals surface area contributed by atoms with E-state index >= 15 is 0 Å². The first-order chi connectivity index (χ1) is 9.02. The topological polar surface area (TPSA) is 64.8 Å². The van der Waals surface area contributed by atoms with Gasteiger partial charge in [-0.05, 0) is 32.0 Å². The lowest BCUT2D eigenvalue weighted by Gasteiger charge is -2.36. The monoisotopic (exact) mass is 264 g/mol. The maximum Gasteiger partial charge on any atom is 0.254 e. The van der Waals surface area contributed by atoms with Crippen LogP contribution in [-0.4, -0.2) is 43.2 Å². The Morgan fingerprint density at radius 1 is 1.47 bits per heavy atom. The Balaban J connectivity index is 2.23. The molecule has 1 aromatic carbocycles. The number of ether oxygens (including phenoxy) is 2. The second kappa shape index (κ2) is 5.48. The van der Waals surface area contributed by atoms with E-state index in [1.165, 1.54) is 0 Å². The molecule has 2 N–H and O–H groups in total. The highest BCUT2D eigenvalue weighted by atomic mass is 16.5. The number of amides is 1. The quantitative estimate of drug-likeness (QED) is 0.823. The second-order valence-electron chi connectivity index (χ2n) is 4.91. The third kappa shape index (κ3) is 2.81. The van der Waals surface area contributed by atoms with E-state index in [1.54, 1.807) is 25.3 Å². The van der Waals surface area contributed by atoms with Crippen LogP contribution < -0.4 is 10.5 Å². The average molecular weight is 264 g/mol. The summed E-state index contributed by atoms with van der Waals surface area (Å²) >= 11 is 0. The van der Waals surface area contributed by atoms with Gasteiger partial charge in [0, 0.05) is 12.1 Å². The summed E-state index contributed by atoms with van der Waals surface area (Å²) in [6.45, 7) is 5.12. The molecule has 2 unspecified atom stereocenters. The molecule has 2 rings (SSSR count). The SMILES string of the molecule is COc1cc(C(=O)N2CC(C)OCC2C)ccc1N. The van der Waals surface area contributed by atoms with Crippen LogP contribution in [0.25, 0.3) is 0 Å². The summed E-state index contributed by atoms with van der Waals surface area (Å²) in [6.07, 6.45) is 0.0656. The molecule has 1 fully saturated rings. The van der Waals surface area contributed by atoms with Gasteiger partial charge in [0.25, 0.3) is 5.91 Å². The molecule has 104 valence electrons. The molecular weight excluding hydrogens is 244 g/mol. The van der Waals surface area contributed by atoms with Gasteiger partial charge in [-0.3, -0.25) is 4.79 Å². The van der Waals surface area contributed by atoms with Crippen LogP contribution in [0.3, 0.4) is 0 Å². The van der Waals surface area contributed by atoms with Crippen molar-refractivity contribution in [3.8, 4) is 5.75 Å². The molecule has 19 heavy (non-hydrogen) atoms. The third-order valence-electron chi connectivity index (χ3n) is 3.35. The number of carbonyl (C=O) groups excluding carboxylic acids is 1. The predicted octanol–water partition coefficient (Wildman–Crippen LogP) is 1.53. The van der Waals surface area contributed by atoms with E-state index in [0.717, 1.165) is 0 Å². The number of benzene rings is 1. The van der Waals surface area contributed by atoms with Crippen LogP contribution in [0.1, 0.15) is 24.2 Å².